The molecule has 0 atom stereocenters. The lowest BCUT2D eigenvalue weighted by atomic mass is 10.2. The maximum atomic E-state index is 4.75. The van der Waals surface area contributed by atoms with Crippen LogP contribution in [-0.4, -0.2) is 44.2 Å². The van der Waals surface area contributed by atoms with Crippen LogP contribution >= 0.6 is 35.3 Å². The van der Waals surface area contributed by atoms with Gasteiger partial charge in [0, 0.05) is 45.0 Å². The van der Waals surface area contributed by atoms with E-state index in [1.54, 1.807) is 11.3 Å². The first-order valence-electron chi connectivity index (χ1n) is 8.47. The zero-order valence-electron chi connectivity index (χ0n) is 14.3. The number of hydrogen-bond acceptors (Lipinski definition) is 4. The van der Waals surface area contributed by atoms with Crippen molar-refractivity contribution >= 4 is 46.4 Å². The predicted molar refractivity (Wildman–Crippen MR) is 112 cm³/mol. The molecule has 1 aromatic heterocycles. The standard InChI is InChI=1S/C16H29N5S.HI/c1-3-4-5-9-18-15(17-2)19-10-8-14-13-22-16(20-14)21-11-6-7-12-21;/h13H,3-12H2,1-2H3,(H2,17,18,19);1H. The number of thiazole rings is 1. The molecule has 7 heteroatoms. The first kappa shape index (κ1) is 20.5. The van der Waals surface area contributed by atoms with Crippen molar-refractivity contribution in [3.05, 3.63) is 11.1 Å². The summed E-state index contributed by atoms with van der Waals surface area (Å²) in [4.78, 5) is 11.4. The van der Waals surface area contributed by atoms with Crippen molar-refractivity contribution in [1.29, 1.82) is 0 Å². The van der Waals surface area contributed by atoms with Gasteiger partial charge in [-0.05, 0) is 19.3 Å². The van der Waals surface area contributed by atoms with Crippen LogP contribution in [-0.2, 0) is 6.42 Å². The van der Waals surface area contributed by atoms with Gasteiger partial charge in [-0.3, -0.25) is 4.99 Å². The molecular formula is C16H30IN5S. The second kappa shape index (κ2) is 11.9. The molecule has 0 amide bonds. The van der Waals surface area contributed by atoms with E-state index >= 15 is 0 Å². The van der Waals surface area contributed by atoms with Gasteiger partial charge in [-0.1, -0.05) is 19.8 Å². The minimum atomic E-state index is 0. The fourth-order valence-electron chi connectivity index (χ4n) is 2.58. The van der Waals surface area contributed by atoms with E-state index < -0.39 is 0 Å². The molecule has 1 aliphatic rings. The molecule has 132 valence electrons. The Kier molecular flexibility index (Phi) is 10.6. The van der Waals surface area contributed by atoms with E-state index in [0.717, 1.165) is 25.5 Å². The molecule has 23 heavy (non-hydrogen) atoms. The molecule has 0 spiro atoms. The molecule has 5 nitrogen and oxygen atoms in total. The lowest BCUT2D eigenvalue weighted by molar-refractivity contribution is 0.682. The van der Waals surface area contributed by atoms with Gasteiger partial charge in [0.05, 0.1) is 5.69 Å². The van der Waals surface area contributed by atoms with Gasteiger partial charge in [0.15, 0.2) is 11.1 Å². The van der Waals surface area contributed by atoms with Crippen molar-refractivity contribution in [2.24, 2.45) is 4.99 Å². The third-order valence-electron chi connectivity index (χ3n) is 3.89. The van der Waals surface area contributed by atoms with Crippen LogP contribution in [0.3, 0.4) is 0 Å². The Morgan fingerprint density at radius 3 is 2.70 bits per heavy atom. The largest absolute Gasteiger partial charge is 0.356 e. The van der Waals surface area contributed by atoms with E-state index in [0.29, 0.717) is 0 Å². The molecule has 1 aliphatic heterocycles. The zero-order chi connectivity index (χ0) is 15.6. The SMILES string of the molecule is CCCCCNC(=NC)NCCc1csc(N2CCCC2)n1.I. The van der Waals surface area contributed by atoms with E-state index in [4.69, 9.17) is 4.98 Å². The number of aliphatic imine (C=N–C) groups is 1. The van der Waals surface area contributed by atoms with Gasteiger partial charge in [0.2, 0.25) is 0 Å². The van der Waals surface area contributed by atoms with E-state index in [2.05, 4.69) is 32.8 Å². The Hall–Kier alpha value is -0.570. The second-order valence-electron chi connectivity index (χ2n) is 5.70. The van der Waals surface area contributed by atoms with E-state index in [1.165, 1.54) is 56.0 Å². The zero-order valence-corrected chi connectivity index (χ0v) is 17.5. The van der Waals surface area contributed by atoms with Crippen LogP contribution in [0.4, 0.5) is 5.13 Å². The van der Waals surface area contributed by atoms with Crippen molar-refractivity contribution in [2.45, 2.75) is 45.4 Å². The van der Waals surface area contributed by atoms with Crippen LogP contribution in [0.15, 0.2) is 10.4 Å². The van der Waals surface area contributed by atoms with Gasteiger partial charge >= 0.3 is 0 Å². The van der Waals surface area contributed by atoms with Gasteiger partial charge in [-0.15, -0.1) is 35.3 Å². The van der Waals surface area contributed by atoms with Crippen molar-refractivity contribution in [2.75, 3.05) is 38.1 Å². The van der Waals surface area contributed by atoms with Crippen molar-refractivity contribution < 1.29 is 0 Å². The lowest BCUT2D eigenvalue weighted by Gasteiger charge is -2.12. The summed E-state index contributed by atoms with van der Waals surface area (Å²) in [5, 5.41) is 10.1. The van der Waals surface area contributed by atoms with Gasteiger partial charge in [-0.25, -0.2) is 4.98 Å². The Balaban J connectivity index is 0.00000264. The highest BCUT2D eigenvalue weighted by Crippen LogP contribution is 2.24. The van der Waals surface area contributed by atoms with Gasteiger partial charge in [0.25, 0.3) is 0 Å². The molecule has 2 heterocycles. The smallest absolute Gasteiger partial charge is 0.190 e. The molecule has 0 aromatic carbocycles. The normalized spacial score (nSPS) is 14.7. The molecule has 0 bridgehead atoms. The van der Waals surface area contributed by atoms with Crippen LogP contribution in [0.2, 0.25) is 0 Å². The third kappa shape index (κ3) is 7.24. The highest BCUT2D eigenvalue weighted by Gasteiger charge is 2.15. The number of nitrogens with zero attached hydrogens (tertiary/aromatic N) is 3. The van der Waals surface area contributed by atoms with E-state index in [-0.39, 0.29) is 24.0 Å². The van der Waals surface area contributed by atoms with Crippen LogP contribution in [0, 0.1) is 0 Å². The molecule has 0 radical (unpaired) electrons. The van der Waals surface area contributed by atoms with Crippen molar-refractivity contribution in [1.82, 2.24) is 15.6 Å². The number of anilines is 1. The Morgan fingerprint density at radius 2 is 2.00 bits per heavy atom. The minimum Gasteiger partial charge on any atom is -0.356 e. The first-order chi connectivity index (χ1) is 10.8. The second-order valence-corrected chi connectivity index (χ2v) is 6.53. The summed E-state index contributed by atoms with van der Waals surface area (Å²) in [7, 11) is 1.82. The molecule has 0 saturated carbocycles. The molecule has 1 saturated heterocycles. The average molecular weight is 451 g/mol. The Morgan fingerprint density at radius 1 is 1.26 bits per heavy atom. The molecule has 0 unspecified atom stereocenters. The average Bonchev–Trinajstić information content (AvgIpc) is 3.20. The van der Waals surface area contributed by atoms with Gasteiger partial charge in [0.1, 0.15) is 0 Å². The predicted octanol–water partition coefficient (Wildman–Crippen LogP) is 3.26. The lowest BCUT2D eigenvalue weighted by Crippen LogP contribution is -2.38. The number of unbranched alkanes of at least 4 members (excludes halogenated alkanes) is 2. The van der Waals surface area contributed by atoms with Gasteiger partial charge < -0.3 is 15.5 Å². The van der Waals surface area contributed by atoms with E-state index in [1.807, 2.05) is 7.05 Å². The number of hydrogen-bond donors (Lipinski definition) is 2. The molecule has 2 N–H and O–H groups in total. The monoisotopic (exact) mass is 451 g/mol. The number of guanidine groups is 1. The molecule has 2 rings (SSSR count). The fraction of sp³-hybridized carbons (Fsp3) is 0.750. The number of rotatable bonds is 8. The quantitative estimate of drug-likeness (QED) is 0.276. The maximum absolute atomic E-state index is 4.75. The van der Waals surface area contributed by atoms with Crippen LogP contribution in [0.1, 0.15) is 44.7 Å². The molecule has 0 aliphatic carbocycles. The molecular weight excluding hydrogens is 421 g/mol. The van der Waals surface area contributed by atoms with Crippen LogP contribution in [0.5, 0.6) is 0 Å². The van der Waals surface area contributed by atoms with Crippen molar-refractivity contribution in [3.63, 3.8) is 0 Å². The summed E-state index contributed by atoms with van der Waals surface area (Å²) < 4.78 is 0. The van der Waals surface area contributed by atoms with Crippen LogP contribution in [0.25, 0.3) is 0 Å². The first-order valence-corrected chi connectivity index (χ1v) is 9.35. The maximum Gasteiger partial charge on any atom is 0.190 e. The van der Waals surface area contributed by atoms with Gasteiger partial charge in [-0.2, -0.15) is 0 Å². The van der Waals surface area contributed by atoms with Crippen LogP contribution < -0.4 is 15.5 Å². The summed E-state index contributed by atoms with van der Waals surface area (Å²) in [6.45, 7) is 6.41. The summed E-state index contributed by atoms with van der Waals surface area (Å²) in [6, 6.07) is 0. The third-order valence-corrected chi connectivity index (χ3v) is 4.84. The topological polar surface area (TPSA) is 52.6 Å². The highest BCUT2D eigenvalue weighted by molar-refractivity contribution is 14.0. The Bertz CT molecular complexity index is 457. The number of halogens is 1. The molecule has 1 aromatic rings. The summed E-state index contributed by atoms with van der Waals surface area (Å²) in [5.41, 5.74) is 1.18. The fourth-order valence-corrected chi connectivity index (χ4v) is 3.49. The molecule has 1 fully saturated rings. The summed E-state index contributed by atoms with van der Waals surface area (Å²) in [6.07, 6.45) is 7.26. The summed E-state index contributed by atoms with van der Waals surface area (Å²) in [5.74, 6) is 0.895. The Labute approximate surface area is 161 Å². The number of aromatic nitrogens is 1. The highest BCUT2D eigenvalue weighted by atomic mass is 127. The number of nitrogens with one attached hydrogen (secondary N) is 2. The minimum absolute atomic E-state index is 0. The van der Waals surface area contributed by atoms with Crippen molar-refractivity contribution in [3.8, 4) is 0 Å². The summed E-state index contributed by atoms with van der Waals surface area (Å²) >= 11 is 1.77. The van der Waals surface area contributed by atoms with E-state index in [9.17, 15) is 0 Å².